The van der Waals surface area contributed by atoms with Crippen molar-refractivity contribution in [3.05, 3.63) is 35.4 Å². The molecule has 7 heteroatoms. The summed E-state index contributed by atoms with van der Waals surface area (Å²) >= 11 is 0. The number of amides is 1. The van der Waals surface area contributed by atoms with Gasteiger partial charge < -0.3 is 15.2 Å². The number of hydrogen-bond donors (Lipinski definition) is 2. The smallest absolute Gasteiger partial charge is 0.408 e. The van der Waals surface area contributed by atoms with Crippen LogP contribution in [0.4, 0.5) is 13.6 Å². The van der Waals surface area contributed by atoms with E-state index in [0.29, 0.717) is 6.07 Å². The Kier molecular flexibility index (Phi) is 4.72. The van der Waals surface area contributed by atoms with Crippen molar-refractivity contribution in [2.45, 2.75) is 38.8 Å². The first kappa shape index (κ1) is 15.2. The van der Waals surface area contributed by atoms with Gasteiger partial charge in [-0.3, -0.25) is 0 Å². The van der Waals surface area contributed by atoms with Crippen LogP contribution < -0.4 is 5.32 Å². The number of carboxylic acids is 1. The van der Waals surface area contributed by atoms with E-state index in [1.54, 1.807) is 0 Å². The monoisotopic (exact) mass is 302 g/mol. The third-order valence-electron chi connectivity index (χ3n) is 2.40. The van der Waals surface area contributed by atoms with Gasteiger partial charge in [0.25, 0.3) is 0 Å². The lowest BCUT2D eigenvalue weighted by Crippen LogP contribution is -2.44. The van der Waals surface area contributed by atoms with Gasteiger partial charge in [0.15, 0.2) is 0 Å². The average Bonchev–Trinajstić information content (AvgIpc) is 2.40. The highest BCUT2D eigenvalue weighted by molar-refractivity contribution is 5.80. The van der Waals surface area contributed by atoms with Gasteiger partial charge in [-0.2, -0.15) is 0 Å². The fourth-order valence-corrected chi connectivity index (χ4v) is 1.53. The zero-order chi connectivity index (χ0) is 16.9. The van der Waals surface area contributed by atoms with Crippen molar-refractivity contribution >= 4 is 12.1 Å². The molecule has 0 spiro atoms. The maximum Gasteiger partial charge on any atom is 0.408 e. The molecular formula is C14H17F2NO4. The maximum absolute atomic E-state index is 13.5. The van der Waals surface area contributed by atoms with Crippen LogP contribution in [-0.4, -0.2) is 28.8 Å². The van der Waals surface area contributed by atoms with Crippen LogP contribution in [0.2, 0.25) is 0 Å². The van der Waals surface area contributed by atoms with E-state index in [4.69, 9.17) is 11.2 Å². The number of hydrogen-bond acceptors (Lipinski definition) is 3. The second-order valence-corrected chi connectivity index (χ2v) is 5.12. The molecule has 21 heavy (non-hydrogen) atoms. The van der Waals surface area contributed by atoms with E-state index in [1.165, 1.54) is 13.8 Å². The third-order valence-corrected chi connectivity index (χ3v) is 2.40. The second-order valence-electron chi connectivity index (χ2n) is 5.12. The predicted molar refractivity (Wildman–Crippen MR) is 70.9 cm³/mol. The van der Waals surface area contributed by atoms with E-state index >= 15 is 0 Å². The van der Waals surface area contributed by atoms with Crippen LogP contribution in [0.15, 0.2) is 18.2 Å². The molecule has 0 aromatic heterocycles. The summed E-state index contributed by atoms with van der Waals surface area (Å²) in [4.78, 5) is 22.8. The summed E-state index contributed by atoms with van der Waals surface area (Å²) in [5, 5.41) is 11.2. The van der Waals surface area contributed by atoms with Crippen LogP contribution >= 0.6 is 0 Å². The Labute approximate surface area is 122 Å². The number of alkyl carbamates (subject to hydrolysis) is 1. The molecule has 0 radical (unpaired) electrons. The van der Waals surface area contributed by atoms with Crippen LogP contribution in [0.5, 0.6) is 0 Å². The Morgan fingerprint density at radius 2 is 2.14 bits per heavy atom. The van der Waals surface area contributed by atoms with Gasteiger partial charge in [0.05, 0.1) is 0 Å². The minimum absolute atomic E-state index is 0.0474. The summed E-state index contributed by atoms with van der Waals surface area (Å²) in [5.74, 6) is -3.06. The normalized spacial score (nSPS) is 13.2. The molecule has 0 heterocycles. The Morgan fingerprint density at radius 3 is 2.67 bits per heavy atom. The molecule has 1 aromatic rings. The standard InChI is InChI=1S/C14H17F2NO4/c1-14(2,3)21-13(20)17-11(12(18)19)6-8-4-5-9(15)7-10(8)16/h4-5,7,11H,6H2,1-3H3,(H,17,20)(H,18,19)/t11-/m0/s1/i1D. The van der Waals surface area contributed by atoms with Crippen molar-refractivity contribution < 1.29 is 29.6 Å². The Morgan fingerprint density at radius 1 is 1.48 bits per heavy atom. The minimum Gasteiger partial charge on any atom is -0.480 e. The Bertz CT molecular complexity index is 566. The lowest BCUT2D eigenvalue weighted by Gasteiger charge is -2.22. The number of rotatable bonds is 4. The molecule has 5 nitrogen and oxygen atoms in total. The molecule has 1 atom stereocenters. The lowest BCUT2D eigenvalue weighted by atomic mass is 10.1. The summed E-state index contributed by atoms with van der Waals surface area (Å²) in [6.45, 7) is 2.79. The van der Waals surface area contributed by atoms with E-state index in [-0.39, 0.29) is 18.9 Å². The summed E-state index contributed by atoms with van der Waals surface area (Å²) < 4.78 is 38.4. The first-order valence-corrected chi connectivity index (χ1v) is 6.10. The molecule has 0 saturated carbocycles. The van der Waals surface area contributed by atoms with Gasteiger partial charge in [-0.1, -0.05) is 6.07 Å². The number of carbonyl (C=O) groups excluding carboxylic acids is 1. The molecule has 0 aliphatic carbocycles. The van der Waals surface area contributed by atoms with Crippen LogP contribution in [0.3, 0.4) is 0 Å². The van der Waals surface area contributed by atoms with Gasteiger partial charge in [0.2, 0.25) is 0 Å². The van der Waals surface area contributed by atoms with Crippen molar-refractivity contribution in [2.75, 3.05) is 0 Å². The number of ether oxygens (including phenoxy) is 1. The molecule has 2 N–H and O–H groups in total. The third kappa shape index (κ3) is 5.76. The molecule has 1 aromatic carbocycles. The van der Waals surface area contributed by atoms with Gasteiger partial charge in [-0.25, -0.2) is 18.4 Å². The first-order valence-electron chi connectivity index (χ1n) is 6.81. The van der Waals surface area contributed by atoms with Gasteiger partial charge in [-0.05, 0) is 32.4 Å². The molecule has 0 bridgehead atoms. The van der Waals surface area contributed by atoms with Crippen molar-refractivity contribution in [2.24, 2.45) is 0 Å². The van der Waals surface area contributed by atoms with Crippen molar-refractivity contribution in [3.8, 4) is 0 Å². The minimum atomic E-state index is -1.44. The largest absolute Gasteiger partial charge is 0.480 e. The van der Waals surface area contributed by atoms with Gasteiger partial charge in [-0.15, -0.1) is 0 Å². The number of nitrogens with one attached hydrogen (secondary N) is 1. The van der Waals surface area contributed by atoms with Crippen molar-refractivity contribution in [1.29, 1.82) is 0 Å². The fourth-order valence-electron chi connectivity index (χ4n) is 1.53. The number of benzene rings is 1. The van der Waals surface area contributed by atoms with Crippen LogP contribution in [0.25, 0.3) is 0 Å². The Balaban J connectivity index is 2.78. The molecule has 0 unspecified atom stereocenters. The van der Waals surface area contributed by atoms with E-state index < -0.39 is 35.3 Å². The van der Waals surface area contributed by atoms with Crippen LogP contribution in [0.1, 0.15) is 27.7 Å². The lowest BCUT2D eigenvalue weighted by molar-refractivity contribution is -0.139. The quantitative estimate of drug-likeness (QED) is 0.896. The summed E-state index contributed by atoms with van der Waals surface area (Å²) in [6, 6.07) is 1.31. The zero-order valence-corrected chi connectivity index (χ0v) is 11.7. The van der Waals surface area contributed by atoms with Crippen LogP contribution in [0, 0.1) is 11.6 Å². The van der Waals surface area contributed by atoms with Crippen molar-refractivity contribution in [1.82, 2.24) is 5.32 Å². The summed E-state index contributed by atoms with van der Waals surface area (Å²) in [5.41, 5.74) is -1.12. The SMILES string of the molecule is [2H]CC(C)(C)OC(=O)N[C@@H](Cc1ccc(F)cc1F)C(=O)O. The molecule has 0 aliphatic heterocycles. The maximum atomic E-state index is 13.5. The van der Waals surface area contributed by atoms with E-state index in [0.717, 1.165) is 12.1 Å². The van der Waals surface area contributed by atoms with Gasteiger partial charge in [0, 0.05) is 13.9 Å². The van der Waals surface area contributed by atoms with Gasteiger partial charge in [0.1, 0.15) is 23.3 Å². The highest BCUT2D eigenvalue weighted by Gasteiger charge is 2.25. The topological polar surface area (TPSA) is 75.6 Å². The molecule has 0 fully saturated rings. The second kappa shape index (κ2) is 6.51. The number of halogens is 2. The molecule has 1 amide bonds. The highest BCUT2D eigenvalue weighted by atomic mass is 19.1. The Hall–Kier alpha value is -2.18. The molecule has 0 saturated heterocycles. The number of carboxylic acid groups (broad SMARTS) is 1. The first-order chi connectivity index (χ1) is 10.1. The van der Waals surface area contributed by atoms with E-state index in [9.17, 15) is 18.4 Å². The highest BCUT2D eigenvalue weighted by Crippen LogP contribution is 2.13. The van der Waals surface area contributed by atoms with Crippen LogP contribution in [-0.2, 0) is 16.0 Å². The average molecular weight is 302 g/mol. The zero-order valence-electron chi connectivity index (χ0n) is 12.7. The fraction of sp³-hybridized carbons (Fsp3) is 0.429. The molecule has 116 valence electrons. The molecule has 1 rings (SSSR count). The number of aliphatic carboxylic acids is 1. The summed E-state index contributed by atoms with van der Waals surface area (Å²) in [6.07, 6.45) is -1.38. The van der Waals surface area contributed by atoms with Crippen molar-refractivity contribution in [3.63, 3.8) is 0 Å². The molecular weight excluding hydrogens is 284 g/mol. The summed E-state index contributed by atoms with van der Waals surface area (Å²) in [7, 11) is 0. The van der Waals surface area contributed by atoms with E-state index in [2.05, 4.69) is 5.32 Å². The van der Waals surface area contributed by atoms with E-state index in [1.807, 2.05) is 0 Å². The number of carbonyl (C=O) groups is 2. The van der Waals surface area contributed by atoms with Gasteiger partial charge >= 0.3 is 12.1 Å². The molecule has 0 aliphatic rings. The predicted octanol–water partition coefficient (Wildman–Crippen LogP) is 2.49.